The van der Waals surface area contributed by atoms with Gasteiger partial charge in [-0.15, -0.1) is 0 Å². The molecule has 16 heavy (non-hydrogen) atoms. The second kappa shape index (κ2) is 7.22. The van der Waals surface area contributed by atoms with Crippen LogP contribution in [0.15, 0.2) is 0 Å². The van der Waals surface area contributed by atoms with Gasteiger partial charge in [-0.05, 0) is 12.8 Å². The molecule has 5 heteroatoms. The van der Waals surface area contributed by atoms with Gasteiger partial charge in [0.05, 0.1) is 13.2 Å². The van der Waals surface area contributed by atoms with Gasteiger partial charge in [0.1, 0.15) is 6.04 Å². The van der Waals surface area contributed by atoms with Crippen molar-refractivity contribution in [2.45, 2.75) is 33.2 Å². The zero-order valence-corrected chi connectivity index (χ0v) is 10.4. The van der Waals surface area contributed by atoms with Gasteiger partial charge in [0.25, 0.3) is 0 Å². The lowest BCUT2D eigenvalue weighted by molar-refractivity contribution is -0.156. The standard InChI is InChI=1S/C11H21NO4/c1-5-16-11(15)10(8(2)3)12(4)9(14)6-7-13/h8,10,13H,5-7H2,1-4H3. The van der Waals surface area contributed by atoms with Gasteiger partial charge in [-0.2, -0.15) is 0 Å². The summed E-state index contributed by atoms with van der Waals surface area (Å²) in [6, 6.07) is -0.584. The monoisotopic (exact) mass is 231 g/mol. The maximum absolute atomic E-state index is 11.7. The number of aliphatic hydroxyl groups excluding tert-OH is 1. The van der Waals surface area contributed by atoms with Gasteiger partial charge >= 0.3 is 5.97 Å². The van der Waals surface area contributed by atoms with Gasteiger partial charge in [-0.25, -0.2) is 4.79 Å². The van der Waals surface area contributed by atoms with E-state index in [4.69, 9.17) is 9.84 Å². The van der Waals surface area contributed by atoms with Crippen molar-refractivity contribution in [3.05, 3.63) is 0 Å². The number of carbonyl (C=O) groups is 2. The molecule has 1 N–H and O–H groups in total. The van der Waals surface area contributed by atoms with Crippen LogP contribution in [0.1, 0.15) is 27.2 Å². The van der Waals surface area contributed by atoms with Crippen LogP contribution in [0.2, 0.25) is 0 Å². The first-order valence-electron chi connectivity index (χ1n) is 5.48. The molecular formula is C11H21NO4. The summed E-state index contributed by atoms with van der Waals surface area (Å²) in [5.74, 6) is -0.674. The molecule has 0 rings (SSSR count). The van der Waals surface area contributed by atoms with Crippen molar-refractivity contribution < 1.29 is 19.4 Å². The zero-order chi connectivity index (χ0) is 12.7. The van der Waals surface area contributed by atoms with Crippen LogP contribution in [-0.4, -0.2) is 48.2 Å². The minimum atomic E-state index is -0.584. The molecule has 0 radical (unpaired) electrons. The van der Waals surface area contributed by atoms with E-state index < -0.39 is 12.0 Å². The van der Waals surface area contributed by atoms with Crippen LogP contribution in [0.5, 0.6) is 0 Å². The minimum Gasteiger partial charge on any atom is -0.464 e. The molecule has 0 aromatic rings. The number of hydrogen-bond acceptors (Lipinski definition) is 4. The molecule has 0 fully saturated rings. The van der Waals surface area contributed by atoms with Crippen LogP contribution in [0.4, 0.5) is 0 Å². The van der Waals surface area contributed by atoms with Crippen molar-refractivity contribution in [3.8, 4) is 0 Å². The molecule has 0 aliphatic rings. The fourth-order valence-corrected chi connectivity index (χ4v) is 1.53. The lowest BCUT2D eigenvalue weighted by atomic mass is 10.0. The Labute approximate surface area is 96.4 Å². The minimum absolute atomic E-state index is 0.0216. The Morgan fingerprint density at radius 1 is 1.38 bits per heavy atom. The summed E-state index contributed by atoms with van der Waals surface area (Å²) >= 11 is 0. The molecule has 0 heterocycles. The first kappa shape index (κ1) is 14.9. The van der Waals surface area contributed by atoms with Gasteiger partial charge in [-0.3, -0.25) is 4.79 Å². The van der Waals surface area contributed by atoms with Crippen molar-refractivity contribution in [1.29, 1.82) is 0 Å². The summed E-state index contributed by atoms with van der Waals surface area (Å²) in [6.07, 6.45) is 0.0269. The van der Waals surface area contributed by atoms with Crippen molar-refractivity contribution in [3.63, 3.8) is 0 Å². The zero-order valence-electron chi connectivity index (χ0n) is 10.4. The van der Waals surface area contributed by atoms with Crippen molar-refractivity contribution in [2.75, 3.05) is 20.3 Å². The normalized spacial score (nSPS) is 12.4. The number of ether oxygens (including phenoxy) is 1. The number of aliphatic hydroxyl groups is 1. The number of likely N-dealkylation sites (N-methyl/N-ethyl adjacent to an activating group) is 1. The third-order valence-electron chi connectivity index (χ3n) is 2.30. The van der Waals surface area contributed by atoms with Crippen molar-refractivity contribution >= 4 is 11.9 Å². The number of hydrogen-bond donors (Lipinski definition) is 1. The molecule has 94 valence electrons. The highest BCUT2D eigenvalue weighted by atomic mass is 16.5. The van der Waals surface area contributed by atoms with Crippen molar-refractivity contribution in [2.24, 2.45) is 5.92 Å². The lowest BCUT2D eigenvalue weighted by Crippen LogP contribution is -2.46. The van der Waals surface area contributed by atoms with Gasteiger partial charge < -0.3 is 14.7 Å². The fourth-order valence-electron chi connectivity index (χ4n) is 1.53. The quantitative estimate of drug-likeness (QED) is 0.673. The van der Waals surface area contributed by atoms with E-state index in [1.165, 1.54) is 4.90 Å². The van der Waals surface area contributed by atoms with Crippen LogP contribution < -0.4 is 0 Å². The smallest absolute Gasteiger partial charge is 0.329 e. The van der Waals surface area contributed by atoms with Crippen LogP contribution in [-0.2, 0) is 14.3 Å². The average Bonchev–Trinajstić information content (AvgIpc) is 2.17. The predicted molar refractivity (Wildman–Crippen MR) is 59.7 cm³/mol. The number of rotatable bonds is 6. The summed E-state index contributed by atoms with van der Waals surface area (Å²) in [6.45, 7) is 5.51. The molecular weight excluding hydrogens is 210 g/mol. The molecule has 0 aliphatic carbocycles. The Morgan fingerprint density at radius 3 is 2.31 bits per heavy atom. The SMILES string of the molecule is CCOC(=O)C(C(C)C)N(C)C(=O)CCO. The molecule has 0 saturated carbocycles. The molecule has 0 aromatic carbocycles. The Hall–Kier alpha value is -1.10. The molecule has 1 unspecified atom stereocenters. The van der Waals surface area contributed by atoms with E-state index >= 15 is 0 Å². The first-order chi connectivity index (χ1) is 7.45. The van der Waals surface area contributed by atoms with Crippen molar-refractivity contribution in [1.82, 2.24) is 4.90 Å². The maximum atomic E-state index is 11.7. The summed E-state index contributed by atoms with van der Waals surface area (Å²) in [7, 11) is 1.56. The van der Waals surface area contributed by atoms with Gasteiger partial charge in [-0.1, -0.05) is 13.8 Å². The van der Waals surface area contributed by atoms with Gasteiger partial charge in [0, 0.05) is 13.5 Å². The summed E-state index contributed by atoms with van der Waals surface area (Å²) < 4.78 is 4.92. The first-order valence-corrected chi connectivity index (χ1v) is 5.48. The van der Waals surface area contributed by atoms with Crippen LogP contribution in [0.3, 0.4) is 0 Å². The number of esters is 1. The van der Waals surface area contributed by atoms with Crippen LogP contribution in [0.25, 0.3) is 0 Å². The highest BCUT2D eigenvalue weighted by Crippen LogP contribution is 2.12. The number of nitrogens with zero attached hydrogens (tertiary/aromatic N) is 1. The second-order valence-corrected chi connectivity index (χ2v) is 3.92. The topological polar surface area (TPSA) is 66.8 Å². The Balaban J connectivity index is 4.64. The fraction of sp³-hybridized carbons (Fsp3) is 0.818. The second-order valence-electron chi connectivity index (χ2n) is 3.92. The molecule has 0 spiro atoms. The summed E-state index contributed by atoms with van der Waals surface area (Å²) in [4.78, 5) is 24.6. The predicted octanol–water partition coefficient (Wildman–Crippen LogP) is 0.415. The number of amides is 1. The molecule has 0 aliphatic heterocycles. The summed E-state index contributed by atoms with van der Waals surface area (Å²) in [5, 5.41) is 8.68. The van der Waals surface area contributed by atoms with Gasteiger partial charge in [0.15, 0.2) is 0 Å². The summed E-state index contributed by atoms with van der Waals surface area (Å²) in [5.41, 5.74) is 0. The lowest BCUT2D eigenvalue weighted by Gasteiger charge is -2.29. The molecule has 0 bridgehead atoms. The molecule has 0 aromatic heterocycles. The Morgan fingerprint density at radius 2 is 1.94 bits per heavy atom. The number of carbonyl (C=O) groups excluding carboxylic acids is 2. The van der Waals surface area contributed by atoms with Gasteiger partial charge in [0.2, 0.25) is 5.91 Å². The van der Waals surface area contributed by atoms with E-state index in [-0.39, 0.29) is 24.9 Å². The molecule has 0 saturated heterocycles. The van der Waals surface area contributed by atoms with E-state index in [1.807, 2.05) is 13.8 Å². The maximum Gasteiger partial charge on any atom is 0.329 e. The molecule has 1 atom stereocenters. The highest BCUT2D eigenvalue weighted by molar-refractivity contribution is 5.84. The van der Waals surface area contributed by atoms with Crippen LogP contribution in [0, 0.1) is 5.92 Å². The third-order valence-corrected chi connectivity index (χ3v) is 2.30. The van der Waals surface area contributed by atoms with E-state index in [1.54, 1.807) is 14.0 Å². The molecule has 5 nitrogen and oxygen atoms in total. The molecule has 1 amide bonds. The van der Waals surface area contributed by atoms with E-state index in [0.717, 1.165) is 0 Å². The third kappa shape index (κ3) is 4.18. The Kier molecular flexibility index (Phi) is 6.72. The van der Waals surface area contributed by atoms with E-state index in [2.05, 4.69) is 0 Å². The van der Waals surface area contributed by atoms with E-state index in [0.29, 0.717) is 6.61 Å². The highest BCUT2D eigenvalue weighted by Gasteiger charge is 2.30. The Bertz CT molecular complexity index is 240. The van der Waals surface area contributed by atoms with E-state index in [9.17, 15) is 9.59 Å². The van der Waals surface area contributed by atoms with Crippen LogP contribution >= 0.6 is 0 Å². The average molecular weight is 231 g/mol. The largest absolute Gasteiger partial charge is 0.464 e.